The Morgan fingerprint density at radius 1 is 0.366 bits per heavy atom. The molecular formula is C108H121N9O6. The van der Waals surface area contributed by atoms with Crippen molar-refractivity contribution in [2.24, 2.45) is 0 Å². The van der Waals surface area contributed by atoms with Gasteiger partial charge < -0.3 is 53.5 Å². The first-order valence-corrected chi connectivity index (χ1v) is 44.8. The second-order valence-corrected chi connectivity index (χ2v) is 33.9. The number of carbonyl (C=O) groups excluding carboxylic acids is 4. The molecule has 14 aromatic rings. The van der Waals surface area contributed by atoms with Crippen molar-refractivity contribution in [1.29, 1.82) is 0 Å². The van der Waals surface area contributed by atoms with Crippen LogP contribution in [-0.2, 0) is 84.0 Å². The van der Waals surface area contributed by atoms with E-state index in [1.165, 1.54) is 74.1 Å². The minimum atomic E-state index is 0.0562. The van der Waals surface area contributed by atoms with Crippen LogP contribution < -0.4 is 25.4 Å². The van der Waals surface area contributed by atoms with Gasteiger partial charge in [0.25, 0.3) is 0 Å². The number of hydrogen-bond acceptors (Lipinski definition) is 11. The summed E-state index contributed by atoms with van der Waals surface area (Å²) in [6.45, 7) is 20.9. The molecule has 0 spiro atoms. The van der Waals surface area contributed by atoms with Crippen molar-refractivity contribution in [3.05, 3.63) is 345 Å². The van der Waals surface area contributed by atoms with Crippen molar-refractivity contribution in [1.82, 2.24) is 44.0 Å². The Morgan fingerprint density at radius 2 is 0.740 bits per heavy atom. The van der Waals surface area contributed by atoms with Gasteiger partial charge in [0.15, 0.2) is 23.1 Å². The maximum atomic E-state index is 13.3. The molecule has 1 saturated heterocycles. The molecule has 0 bridgehead atoms. The van der Waals surface area contributed by atoms with Crippen molar-refractivity contribution in [2.75, 3.05) is 73.1 Å². The third-order valence-corrected chi connectivity index (χ3v) is 25.5. The molecule has 18 rings (SSSR count). The lowest BCUT2D eigenvalue weighted by molar-refractivity contribution is 0.0989. The summed E-state index contributed by atoms with van der Waals surface area (Å²) in [6.07, 6.45) is 22.7. The minimum absolute atomic E-state index is 0.0562. The number of nitrogens with one attached hydrogen (secondary N) is 3. The number of aryl methyl sites for hydroxylation is 6. The van der Waals surface area contributed by atoms with E-state index >= 15 is 0 Å². The molecule has 123 heavy (non-hydrogen) atoms. The van der Waals surface area contributed by atoms with Gasteiger partial charge in [-0.1, -0.05) is 231 Å². The van der Waals surface area contributed by atoms with E-state index in [-0.39, 0.29) is 23.1 Å². The van der Waals surface area contributed by atoms with Gasteiger partial charge in [0.2, 0.25) is 0 Å². The van der Waals surface area contributed by atoms with Crippen LogP contribution in [0.1, 0.15) is 156 Å². The van der Waals surface area contributed by atoms with Crippen LogP contribution in [-0.4, -0.2) is 142 Å². The van der Waals surface area contributed by atoms with Crippen molar-refractivity contribution in [3.63, 3.8) is 0 Å². The highest BCUT2D eigenvalue weighted by Crippen LogP contribution is 2.35. The number of aromatic nitrogens is 4. The molecule has 4 aromatic heterocycles. The maximum Gasteiger partial charge on any atom is 0.195 e. The van der Waals surface area contributed by atoms with Crippen LogP contribution in [0.2, 0.25) is 0 Å². The Bertz CT molecular complexity index is 5840. The second kappa shape index (κ2) is 42.0. The lowest BCUT2D eigenvalue weighted by Crippen LogP contribution is -2.32. The van der Waals surface area contributed by atoms with Crippen LogP contribution in [0.3, 0.4) is 0 Å². The van der Waals surface area contributed by atoms with Crippen molar-refractivity contribution >= 4 is 66.7 Å². The Labute approximate surface area is 726 Å². The normalized spacial score (nSPS) is 14.2. The van der Waals surface area contributed by atoms with Gasteiger partial charge in [0, 0.05) is 145 Å². The molecule has 10 aromatic carbocycles. The van der Waals surface area contributed by atoms with Gasteiger partial charge in [-0.05, 0) is 211 Å². The molecule has 5 heterocycles. The number of hydrogen-bond donors (Lipinski definition) is 3. The van der Waals surface area contributed by atoms with Crippen molar-refractivity contribution < 1.29 is 28.7 Å². The van der Waals surface area contributed by atoms with E-state index in [9.17, 15) is 19.2 Å². The lowest BCUT2D eigenvalue weighted by Gasteiger charge is -2.22. The van der Waals surface area contributed by atoms with Gasteiger partial charge in [-0.25, -0.2) is 0 Å². The summed E-state index contributed by atoms with van der Waals surface area (Å²) in [5, 5.41) is 15.3. The molecule has 0 atom stereocenters. The van der Waals surface area contributed by atoms with E-state index in [0.717, 1.165) is 227 Å². The molecule has 1 aliphatic heterocycles. The van der Waals surface area contributed by atoms with Crippen LogP contribution in [0.25, 0.3) is 43.6 Å². The number of methoxy groups -OCH3 is 2. The third-order valence-electron chi connectivity index (χ3n) is 25.5. The first-order chi connectivity index (χ1) is 60.2. The van der Waals surface area contributed by atoms with Gasteiger partial charge in [-0.15, -0.1) is 0 Å². The number of nitrogens with zero attached hydrogens (tertiary/aromatic N) is 6. The molecule has 15 nitrogen and oxygen atoms in total. The summed E-state index contributed by atoms with van der Waals surface area (Å²) in [5.74, 6) is 2.11. The van der Waals surface area contributed by atoms with E-state index in [1.54, 1.807) is 28.1 Å². The zero-order valence-corrected chi connectivity index (χ0v) is 72.8. The molecule has 3 N–H and O–H groups in total. The fourth-order valence-corrected chi connectivity index (χ4v) is 19.2. The van der Waals surface area contributed by atoms with Gasteiger partial charge in [0.1, 0.15) is 11.5 Å². The van der Waals surface area contributed by atoms with Crippen molar-refractivity contribution in [3.8, 4) is 11.5 Å². The average molecular weight is 1640 g/mol. The highest BCUT2D eigenvalue weighted by atomic mass is 16.5. The van der Waals surface area contributed by atoms with E-state index in [1.807, 2.05) is 122 Å². The SMILES string of the molecule is CC(=O)c1cn(CCCNC2Cc3ccccc3C2)c2c(C)cccc12.CCc1cccc2c(C(C)=O)cn(CCCNC3Cc4ccccc4C3)c12.COc1cccc2c(C(=O)Cc3ccccc3)cn(CCCNC3Cc4ccccc4C3)c12.COc1cccc2c(C(=O)c3ccccc3)cn(CCCN3CCCN(CCc4ccccc4)CC3)c12. The summed E-state index contributed by atoms with van der Waals surface area (Å²) in [4.78, 5) is 55.8. The summed E-state index contributed by atoms with van der Waals surface area (Å²) in [7, 11) is 3.39. The van der Waals surface area contributed by atoms with Crippen molar-refractivity contribution in [2.45, 2.75) is 162 Å². The largest absolute Gasteiger partial charge is 0.495 e. The molecule has 0 unspecified atom stereocenters. The molecular weight excluding hydrogens is 1520 g/mol. The molecule has 0 amide bonds. The number of rotatable bonds is 32. The maximum absolute atomic E-state index is 13.3. The highest BCUT2D eigenvalue weighted by Gasteiger charge is 2.27. The molecule has 3 aliphatic carbocycles. The van der Waals surface area contributed by atoms with Gasteiger partial charge in [-0.3, -0.25) is 19.2 Å². The fourth-order valence-electron chi connectivity index (χ4n) is 19.2. The molecule has 0 radical (unpaired) electrons. The fraction of sp³-hybridized carbons (Fsp3) is 0.333. The Balaban J connectivity index is 0.000000128. The summed E-state index contributed by atoms with van der Waals surface area (Å²) in [5.41, 5.74) is 22.3. The zero-order chi connectivity index (χ0) is 85.0. The van der Waals surface area contributed by atoms with Gasteiger partial charge >= 0.3 is 0 Å². The topological polar surface area (TPSA) is 149 Å². The number of Topliss-reactive ketones (excluding diaryl/α,β-unsaturated/α-hetero) is 3. The van der Waals surface area contributed by atoms with Gasteiger partial charge in [0.05, 0.1) is 36.3 Å². The highest BCUT2D eigenvalue weighted by molar-refractivity contribution is 6.17. The molecule has 1 fully saturated rings. The van der Waals surface area contributed by atoms with Crippen LogP contribution in [0, 0.1) is 6.92 Å². The first-order valence-electron chi connectivity index (χ1n) is 44.8. The van der Waals surface area contributed by atoms with Crippen LogP contribution in [0.4, 0.5) is 0 Å². The number of carbonyl (C=O) groups is 4. The van der Waals surface area contributed by atoms with E-state index in [0.29, 0.717) is 30.1 Å². The molecule has 0 saturated carbocycles. The number of benzene rings is 10. The number of ether oxygens (including phenoxy) is 2. The monoisotopic (exact) mass is 1640 g/mol. The Morgan fingerprint density at radius 3 is 1.20 bits per heavy atom. The van der Waals surface area contributed by atoms with Crippen LogP contribution >= 0.6 is 0 Å². The molecule has 4 aliphatic rings. The summed E-state index contributed by atoms with van der Waals surface area (Å²) in [6, 6.07) is 82.6. The zero-order valence-electron chi connectivity index (χ0n) is 72.8. The summed E-state index contributed by atoms with van der Waals surface area (Å²) < 4.78 is 20.3. The number of ketones is 4. The van der Waals surface area contributed by atoms with E-state index in [4.69, 9.17) is 9.47 Å². The molecule has 634 valence electrons. The quantitative estimate of drug-likeness (QED) is 0.0273. The predicted molar refractivity (Wildman–Crippen MR) is 502 cm³/mol. The van der Waals surface area contributed by atoms with E-state index in [2.05, 4.69) is 198 Å². The summed E-state index contributed by atoms with van der Waals surface area (Å²) >= 11 is 0. The standard InChI is InChI=1S/C32H37N3O2.C29H30N2O2.C24H28N2O.C23H26N2O/c1-37-30-16-8-15-28-29(32(36)27-13-6-3-7-14-27)25-35(31(28)30)21-10-20-33-18-9-19-34(24-23-33)22-17-26-11-4-2-5-12-26;1-33-28-14-7-13-25-26(27(32)17-21-9-3-2-4-10-21)20-31(29(25)28)16-8-15-30-24-18-22-11-5-6-12-23(22)19-24;1-3-18-10-6-11-22-23(17(2)27)16-26(24(18)22)13-7-12-25-21-14-19-8-4-5-9-20(19)15-21;1-16-7-5-10-21-22(17(2)26)15-25(23(16)21)12-6-11-24-20-13-18-8-3-4-9-19(18)14-20/h2-8,11-16,25H,9-10,17-24H2,1H3;2-7,9-14,20,24,30H,8,15-19H2,1H3;4-6,8-11,16,21,25H,3,7,12-15H2,1-2H3;3-5,7-10,15,20,24H,6,11-14H2,1-2H3. The van der Waals surface area contributed by atoms with Crippen LogP contribution in [0.5, 0.6) is 11.5 Å². The Hall–Kier alpha value is -11.6. The van der Waals surface area contributed by atoms with E-state index < -0.39 is 0 Å². The third kappa shape index (κ3) is 21.4. The second-order valence-electron chi connectivity index (χ2n) is 33.9. The number of para-hydroxylation sites is 4. The first kappa shape index (κ1) is 86.4. The molecule has 15 heteroatoms. The Kier molecular flexibility index (Phi) is 29.5. The lowest BCUT2D eigenvalue weighted by atomic mass is 10.0. The van der Waals surface area contributed by atoms with Gasteiger partial charge in [-0.2, -0.15) is 0 Å². The number of fused-ring (bicyclic) bond motifs is 7. The minimum Gasteiger partial charge on any atom is -0.495 e. The average Bonchev–Trinajstić information content (AvgIpc) is 1.63. The van der Waals surface area contributed by atoms with Crippen LogP contribution in [0.15, 0.2) is 261 Å². The smallest absolute Gasteiger partial charge is 0.195 e. The predicted octanol–water partition coefficient (Wildman–Crippen LogP) is 19.6.